The summed E-state index contributed by atoms with van der Waals surface area (Å²) in [5, 5.41) is 36.0. The van der Waals surface area contributed by atoms with Gasteiger partial charge in [-0.15, -0.1) is 13.1 Å². The zero-order valence-corrected chi connectivity index (χ0v) is 18.8. The molecule has 0 saturated carbocycles. The number of aromatic hydroxyl groups is 2. The van der Waals surface area contributed by atoms with E-state index < -0.39 is 5.97 Å². The molecule has 0 atom stereocenters. The Kier molecular flexibility index (Phi) is 17.3. The van der Waals surface area contributed by atoms with Gasteiger partial charge in [0, 0.05) is 89.6 Å². The van der Waals surface area contributed by atoms with Crippen LogP contribution in [0.2, 0.25) is 0 Å². The van der Waals surface area contributed by atoms with E-state index >= 15 is 0 Å². The summed E-state index contributed by atoms with van der Waals surface area (Å²) in [6, 6.07) is 3.52. The van der Waals surface area contributed by atoms with Gasteiger partial charge in [0.1, 0.15) is 11.5 Å². The standard InChI is InChI=1S/C14H19NO6.2Ce/c16-5-3-15(4-6-17)2-1-7-21-14(20)11-8-12(18)10-13(19)9-11;;/h5-6,8-10,16-19H,1-4,7H2;;/q-2;;. The molecule has 0 heterocycles. The quantitative estimate of drug-likeness (QED) is 0.197. The van der Waals surface area contributed by atoms with Gasteiger partial charge in [-0.2, -0.15) is 0 Å². The van der Waals surface area contributed by atoms with Crippen molar-refractivity contribution in [1.29, 1.82) is 0 Å². The van der Waals surface area contributed by atoms with Gasteiger partial charge in [0.25, 0.3) is 0 Å². The van der Waals surface area contributed by atoms with Gasteiger partial charge >= 0.3 is 5.97 Å². The molecule has 0 aromatic heterocycles. The summed E-state index contributed by atoms with van der Waals surface area (Å²) in [6.45, 7) is 3.21. The molecule has 0 aliphatic heterocycles. The Morgan fingerprint density at radius 1 is 1.04 bits per heavy atom. The maximum absolute atomic E-state index is 11.7. The van der Waals surface area contributed by atoms with Gasteiger partial charge in [0.05, 0.1) is 12.2 Å². The number of phenolic OH excluding ortho intramolecular Hbond substituents is 2. The average molecular weight is 578 g/mol. The minimum absolute atomic E-state index is 0. The zero-order valence-electron chi connectivity index (χ0n) is 12.5. The normalized spacial score (nSPS) is 9.87. The Labute approximate surface area is 202 Å². The van der Waals surface area contributed by atoms with Crippen LogP contribution in [0, 0.1) is 96.7 Å². The van der Waals surface area contributed by atoms with Crippen molar-refractivity contribution in [2.24, 2.45) is 0 Å². The number of rotatable bonds is 9. The van der Waals surface area contributed by atoms with E-state index in [0.29, 0.717) is 26.1 Å². The van der Waals surface area contributed by atoms with Crippen LogP contribution in [-0.4, -0.2) is 57.5 Å². The predicted molar refractivity (Wildman–Crippen MR) is 73.6 cm³/mol. The van der Waals surface area contributed by atoms with E-state index in [0.717, 1.165) is 19.3 Å². The monoisotopic (exact) mass is 577 g/mol. The Balaban J connectivity index is 0. The fourth-order valence-corrected chi connectivity index (χ4v) is 1.74. The molecule has 0 bridgehead atoms. The summed E-state index contributed by atoms with van der Waals surface area (Å²) in [5.41, 5.74) is 0.0664. The van der Waals surface area contributed by atoms with Crippen molar-refractivity contribution in [3.63, 3.8) is 0 Å². The van der Waals surface area contributed by atoms with E-state index in [-0.39, 0.29) is 107 Å². The summed E-state index contributed by atoms with van der Waals surface area (Å²) in [5.74, 6) is -1.08. The Bertz CT molecular complexity index is 435. The van der Waals surface area contributed by atoms with Crippen LogP contribution in [0.3, 0.4) is 0 Å². The third-order valence-corrected chi connectivity index (χ3v) is 2.67. The van der Waals surface area contributed by atoms with E-state index in [2.05, 4.69) is 0 Å². The summed E-state index contributed by atoms with van der Waals surface area (Å²) < 4.78 is 5.01. The summed E-state index contributed by atoms with van der Waals surface area (Å²) in [4.78, 5) is 13.4. The molecule has 9 heteroatoms. The molecular weight excluding hydrogens is 558 g/mol. The second-order valence-electron chi connectivity index (χ2n) is 4.35. The first-order chi connectivity index (χ1) is 10.1. The number of hydrogen-bond acceptors (Lipinski definition) is 7. The van der Waals surface area contributed by atoms with Crippen molar-refractivity contribution in [3.8, 4) is 11.5 Å². The number of ether oxygens (including phenoxy) is 1. The molecule has 7 nitrogen and oxygen atoms in total. The number of aliphatic hydroxyl groups excluding tert-OH is 2. The Morgan fingerprint density at radius 3 is 2.04 bits per heavy atom. The van der Waals surface area contributed by atoms with Crippen LogP contribution in [0.25, 0.3) is 0 Å². The Morgan fingerprint density at radius 2 is 1.57 bits per heavy atom. The summed E-state index contributed by atoms with van der Waals surface area (Å²) >= 11 is 0. The van der Waals surface area contributed by atoms with Crippen LogP contribution >= 0.6 is 0 Å². The summed E-state index contributed by atoms with van der Waals surface area (Å²) in [6.07, 6.45) is 0.512. The molecule has 0 amide bonds. The van der Waals surface area contributed by atoms with Crippen LogP contribution in [0.5, 0.6) is 11.5 Å². The average Bonchev–Trinajstić information content (AvgIpc) is 2.42. The second-order valence-corrected chi connectivity index (χ2v) is 4.35. The second kappa shape index (κ2) is 15.2. The van der Waals surface area contributed by atoms with Crippen molar-refractivity contribution in [1.82, 2.24) is 4.90 Å². The largest absolute Gasteiger partial charge is 0.565 e. The molecule has 0 saturated heterocycles. The third kappa shape index (κ3) is 11.2. The van der Waals surface area contributed by atoms with Crippen LogP contribution in [0.4, 0.5) is 0 Å². The van der Waals surface area contributed by atoms with Gasteiger partial charge in [-0.05, 0) is 25.1 Å². The van der Waals surface area contributed by atoms with E-state index in [9.17, 15) is 15.0 Å². The first-order valence-electron chi connectivity index (χ1n) is 6.41. The molecule has 0 aliphatic rings. The number of hydrogen-bond donors (Lipinski definition) is 4. The van der Waals surface area contributed by atoms with Gasteiger partial charge in [0.2, 0.25) is 0 Å². The number of esters is 1. The minimum Gasteiger partial charge on any atom is -0.565 e. The van der Waals surface area contributed by atoms with Crippen molar-refractivity contribution in [2.75, 3.05) is 26.2 Å². The minimum atomic E-state index is -0.643. The van der Waals surface area contributed by atoms with Gasteiger partial charge in [0.15, 0.2) is 0 Å². The molecule has 1 aromatic rings. The van der Waals surface area contributed by atoms with E-state index in [1.807, 2.05) is 0 Å². The maximum atomic E-state index is 11.7. The van der Waals surface area contributed by atoms with Crippen molar-refractivity contribution in [2.45, 2.75) is 6.42 Å². The molecule has 4 N–H and O–H groups in total. The first kappa shape index (κ1) is 26.2. The summed E-state index contributed by atoms with van der Waals surface area (Å²) in [7, 11) is 0. The number of benzene rings is 1. The Hall–Kier alpha value is 0.923. The number of aliphatic hydroxyl groups is 2. The van der Waals surface area contributed by atoms with Crippen LogP contribution < -0.4 is 0 Å². The van der Waals surface area contributed by atoms with E-state index in [1.54, 1.807) is 4.90 Å². The molecule has 0 fully saturated rings. The zero-order chi connectivity index (χ0) is 15.7. The smallest absolute Gasteiger partial charge is 0.338 e. The molecule has 0 aliphatic carbocycles. The van der Waals surface area contributed by atoms with Crippen molar-refractivity contribution in [3.05, 3.63) is 37.0 Å². The molecule has 0 spiro atoms. The van der Waals surface area contributed by atoms with Gasteiger partial charge < -0.3 is 30.1 Å². The third-order valence-electron chi connectivity index (χ3n) is 2.67. The van der Waals surface area contributed by atoms with Gasteiger partial charge in [-0.3, -0.25) is 0 Å². The first-order valence-corrected chi connectivity index (χ1v) is 6.41. The number of carbonyl (C=O) groups is 1. The van der Waals surface area contributed by atoms with Crippen LogP contribution in [0.15, 0.2) is 18.2 Å². The molecule has 1 rings (SSSR count). The van der Waals surface area contributed by atoms with Crippen LogP contribution in [-0.2, 0) is 4.74 Å². The van der Waals surface area contributed by atoms with Crippen LogP contribution in [0.1, 0.15) is 16.8 Å². The fraction of sp³-hybridized carbons (Fsp3) is 0.357. The molecule has 126 valence electrons. The number of carbonyl (C=O) groups excluding carboxylic acids is 1. The molecular formula is C14H19Ce2NO6-2. The van der Waals surface area contributed by atoms with Gasteiger partial charge in [-0.1, -0.05) is 0 Å². The van der Waals surface area contributed by atoms with E-state index in [4.69, 9.17) is 14.9 Å². The maximum Gasteiger partial charge on any atom is 0.338 e. The number of nitrogens with zero attached hydrogens (tertiary/aromatic N) is 1. The fourth-order valence-electron chi connectivity index (χ4n) is 1.74. The SMILES string of the molecule is O=C(OCCCN(C[CH-]O)C[CH-]O)c1cc(O)cc(O)c1.[Ce].[Ce]. The predicted octanol–water partition coefficient (Wildman–Crippen LogP) is 1.02. The molecule has 1 aromatic carbocycles. The number of phenols is 2. The van der Waals surface area contributed by atoms with E-state index in [1.165, 1.54) is 12.1 Å². The molecule has 23 heavy (non-hydrogen) atoms. The van der Waals surface area contributed by atoms with Gasteiger partial charge in [-0.25, -0.2) is 18.0 Å². The topological polar surface area (TPSA) is 110 Å². The van der Waals surface area contributed by atoms with Crippen molar-refractivity contribution >= 4 is 5.97 Å². The molecule has 0 unspecified atom stereocenters. The molecule has 0 radical (unpaired) electrons. The van der Waals surface area contributed by atoms with Crippen molar-refractivity contribution < 1.29 is 113 Å².